The van der Waals surface area contributed by atoms with E-state index in [4.69, 9.17) is 4.74 Å². The number of aromatic nitrogens is 3. The molecule has 0 spiro atoms. The van der Waals surface area contributed by atoms with Gasteiger partial charge in [-0.3, -0.25) is 4.90 Å². The van der Waals surface area contributed by atoms with Gasteiger partial charge in [-0.25, -0.2) is 4.68 Å². The van der Waals surface area contributed by atoms with Crippen LogP contribution in [0.4, 0.5) is 0 Å². The third-order valence-corrected chi connectivity index (χ3v) is 4.90. The minimum Gasteiger partial charge on any atom is -0.356 e. The van der Waals surface area contributed by atoms with Gasteiger partial charge in [-0.1, -0.05) is 59.3 Å². The van der Waals surface area contributed by atoms with Crippen LogP contribution in [0.25, 0.3) is 0 Å². The zero-order valence-electron chi connectivity index (χ0n) is 15.3. The summed E-state index contributed by atoms with van der Waals surface area (Å²) in [7, 11) is 0. The quantitative estimate of drug-likeness (QED) is 0.708. The standard InChI is InChI=1S/C21H24N4O/c1-16-7-9-18(10-8-16)13-24-11-12-26-21(24)20-15-25(23-22-20)14-19-6-4-3-5-17(19)2/h3-10,15,21H,11-14H2,1-2H3/t21-/m1/s1. The first-order valence-electron chi connectivity index (χ1n) is 9.05. The Morgan fingerprint density at radius 2 is 1.85 bits per heavy atom. The van der Waals surface area contributed by atoms with Crippen LogP contribution in [0.1, 0.15) is 34.2 Å². The summed E-state index contributed by atoms with van der Waals surface area (Å²) >= 11 is 0. The van der Waals surface area contributed by atoms with Gasteiger partial charge in [0.05, 0.1) is 19.3 Å². The van der Waals surface area contributed by atoms with E-state index in [1.165, 1.54) is 22.3 Å². The number of rotatable bonds is 5. The maximum Gasteiger partial charge on any atom is 0.157 e. The fourth-order valence-electron chi connectivity index (χ4n) is 3.33. The van der Waals surface area contributed by atoms with Crippen molar-refractivity contribution in [1.82, 2.24) is 19.9 Å². The Kier molecular flexibility index (Phi) is 4.82. The predicted octanol–water partition coefficient (Wildman–Crippen LogP) is 3.47. The first-order valence-corrected chi connectivity index (χ1v) is 9.05. The van der Waals surface area contributed by atoms with E-state index in [-0.39, 0.29) is 6.23 Å². The van der Waals surface area contributed by atoms with Crippen molar-refractivity contribution < 1.29 is 4.74 Å². The van der Waals surface area contributed by atoms with Gasteiger partial charge >= 0.3 is 0 Å². The van der Waals surface area contributed by atoms with Gasteiger partial charge in [-0.15, -0.1) is 5.10 Å². The Labute approximate surface area is 154 Å². The molecule has 0 N–H and O–H groups in total. The van der Waals surface area contributed by atoms with Gasteiger partial charge in [0, 0.05) is 13.1 Å². The summed E-state index contributed by atoms with van der Waals surface area (Å²) in [5.74, 6) is 0. The van der Waals surface area contributed by atoms with Crippen LogP contribution < -0.4 is 0 Å². The van der Waals surface area contributed by atoms with E-state index in [1.807, 2.05) is 10.9 Å². The largest absolute Gasteiger partial charge is 0.356 e. The minimum absolute atomic E-state index is 0.123. The third kappa shape index (κ3) is 3.69. The van der Waals surface area contributed by atoms with Gasteiger partial charge in [0.1, 0.15) is 5.69 Å². The molecule has 1 aliphatic rings. The fourth-order valence-corrected chi connectivity index (χ4v) is 3.33. The van der Waals surface area contributed by atoms with Crippen molar-refractivity contribution in [2.75, 3.05) is 13.2 Å². The molecule has 0 amide bonds. The van der Waals surface area contributed by atoms with E-state index in [2.05, 4.69) is 77.6 Å². The highest BCUT2D eigenvalue weighted by Crippen LogP contribution is 2.27. The summed E-state index contributed by atoms with van der Waals surface area (Å²) < 4.78 is 7.84. The van der Waals surface area contributed by atoms with Crippen LogP contribution in [0.3, 0.4) is 0 Å². The van der Waals surface area contributed by atoms with Crippen LogP contribution in [0.5, 0.6) is 0 Å². The molecule has 1 fully saturated rings. The van der Waals surface area contributed by atoms with Gasteiger partial charge in [0.15, 0.2) is 6.23 Å². The number of benzene rings is 2. The lowest BCUT2D eigenvalue weighted by atomic mass is 10.1. The first-order chi connectivity index (χ1) is 12.7. The van der Waals surface area contributed by atoms with Crippen molar-refractivity contribution in [3.05, 3.63) is 82.7 Å². The van der Waals surface area contributed by atoms with Crippen molar-refractivity contribution in [2.45, 2.75) is 33.2 Å². The summed E-state index contributed by atoms with van der Waals surface area (Å²) in [6.45, 7) is 7.44. The summed E-state index contributed by atoms with van der Waals surface area (Å²) in [6.07, 6.45) is 1.88. The Morgan fingerprint density at radius 1 is 1.04 bits per heavy atom. The zero-order chi connectivity index (χ0) is 17.9. The molecule has 2 aromatic carbocycles. The Bertz CT molecular complexity index is 872. The molecule has 1 atom stereocenters. The Hall–Kier alpha value is -2.50. The maximum atomic E-state index is 5.94. The highest BCUT2D eigenvalue weighted by Gasteiger charge is 2.29. The molecule has 0 aliphatic carbocycles. The van der Waals surface area contributed by atoms with Crippen LogP contribution in [0.15, 0.2) is 54.7 Å². The number of nitrogens with zero attached hydrogens (tertiary/aromatic N) is 4. The third-order valence-electron chi connectivity index (χ3n) is 4.90. The van der Waals surface area contributed by atoms with Gasteiger partial charge in [0.25, 0.3) is 0 Å². The van der Waals surface area contributed by atoms with Crippen LogP contribution in [-0.4, -0.2) is 33.0 Å². The molecular weight excluding hydrogens is 324 g/mol. The molecule has 0 unspecified atom stereocenters. The molecule has 134 valence electrons. The Morgan fingerprint density at radius 3 is 2.65 bits per heavy atom. The van der Waals surface area contributed by atoms with Crippen molar-refractivity contribution in [3.63, 3.8) is 0 Å². The lowest BCUT2D eigenvalue weighted by molar-refractivity contribution is 0.0252. The van der Waals surface area contributed by atoms with E-state index < -0.39 is 0 Å². The number of hydrogen-bond acceptors (Lipinski definition) is 4. The molecule has 1 saturated heterocycles. The maximum absolute atomic E-state index is 5.94. The monoisotopic (exact) mass is 348 g/mol. The SMILES string of the molecule is Cc1ccc(CN2CCO[C@@H]2c2cn(Cc3ccccc3C)nn2)cc1. The summed E-state index contributed by atoms with van der Waals surface area (Å²) in [5.41, 5.74) is 5.97. The van der Waals surface area contributed by atoms with Crippen molar-refractivity contribution in [1.29, 1.82) is 0 Å². The minimum atomic E-state index is -0.123. The molecule has 0 bridgehead atoms. The molecule has 5 heteroatoms. The molecular formula is C21H24N4O. The summed E-state index contributed by atoms with van der Waals surface area (Å²) in [6, 6.07) is 17.0. The lowest BCUT2D eigenvalue weighted by Gasteiger charge is -2.21. The van der Waals surface area contributed by atoms with E-state index in [0.717, 1.165) is 31.9 Å². The molecule has 5 nitrogen and oxygen atoms in total. The molecule has 3 aromatic rings. The molecule has 2 heterocycles. The van der Waals surface area contributed by atoms with Crippen molar-refractivity contribution >= 4 is 0 Å². The highest BCUT2D eigenvalue weighted by molar-refractivity contribution is 5.25. The second-order valence-corrected chi connectivity index (χ2v) is 6.95. The highest BCUT2D eigenvalue weighted by atomic mass is 16.5. The van der Waals surface area contributed by atoms with Crippen molar-refractivity contribution in [2.24, 2.45) is 0 Å². The zero-order valence-corrected chi connectivity index (χ0v) is 15.3. The van der Waals surface area contributed by atoms with E-state index in [1.54, 1.807) is 0 Å². The average Bonchev–Trinajstić information content (AvgIpc) is 3.28. The van der Waals surface area contributed by atoms with Gasteiger partial charge < -0.3 is 4.74 Å². The van der Waals surface area contributed by atoms with Gasteiger partial charge in [-0.05, 0) is 30.5 Å². The summed E-state index contributed by atoms with van der Waals surface area (Å²) in [4.78, 5) is 2.31. The van der Waals surface area contributed by atoms with E-state index in [0.29, 0.717) is 0 Å². The average molecular weight is 348 g/mol. The summed E-state index contributed by atoms with van der Waals surface area (Å²) in [5, 5.41) is 8.69. The van der Waals surface area contributed by atoms with E-state index >= 15 is 0 Å². The molecule has 0 radical (unpaired) electrons. The smallest absolute Gasteiger partial charge is 0.157 e. The van der Waals surface area contributed by atoms with E-state index in [9.17, 15) is 0 Å². The molecule has 1 aliphatic heterocycles. The number of hydrogen-bond donors (Lipinski definition) is 0. The normalized spacial score (nSPS) is 17.7. The fraction of sp³-hybridized carbons (Fsp3) is 0.333. The Balaban J connectivity index is 1.47. The predicted molar refractivity (Wildman–Crippen MR) is 101 cm³/mol. The number of ether oxygens (including phenoxy) is 1. The molecule has 0 saturated carbocycles. The first kappa shape index (κ1) is 16.9. The number of aryl methyl sites for hydroxylation is 2. The van der Waals surface area contributed by atoms with Gasteiger partial charge in [0.2, 0.25) is 0 Å². The van der Waals surface area contributed by atoms with Crippen LogP contribution in [0.2, 0.25) is 0 Å². The lowest BCUT2D eigenvalue weighted by Crippen LogP contribution is -2.23. The van der Waals surface area contributed by atoms with Crippen molar-refractivity contribution in [3.8, 4) is 0 Å². The molecule has 1 aromatic heterocycles. The molecule has 26 heavy (non-hydrogen) atoms. The van der Waals surface area contributed by atoms with Crippen LogP contribution in [0, 0.1) is 13.8 Å². The topological polar surface area (TPSA) is 43.2 Å². The van der Waals surface area contributed by atoms with Crippen LogP contribution >= 0.6 is 0 Å². The second-order valence-electron chi connectivity index (χ2n) is 6.95. The molecule has 4 rings (SSSR count). The second kappa shape index (κ2) is 7.40. The van der Waals surface area contributed by atoms with Gasteiger partial charge in [-0.2, -0.15) is 0 Å². The van der Waals surface area contributed by atoms with Crippen LogP contribution in [-0.2, 0) is 17.8 Å².